The molecule has 3 nitrogen and oxygen atoms in total. The SMILES string of the molecule is CNn1cc[n+](C)c1. The number of hydrogen-bond acceptors (Lipinski definition) is 1. The van der Waals surface area contributed by atoms with Crippen LogP contribution in [0.4, 0.5) is 0 Å². The minimum absolute atomic E-state index is 1.88. The molecule has 1 N–H and O–H groups in total. The van der Waals surface area contributed by atoms with Crippen LogP contribution in [0.3, 0.4) is 0 Å². The summed E-state index contributed by atoms with van der Waals surface area (Å²) in [5.74, 6) is 0. The topological polar surface area (TPSA) is 20.8 Å². The van der Waals surface area contributed by atoms with Crippen LogP contribution in [-0.4, -0.2) is 11.7 Å². The van der Waals surface area contributed by atoms with Gasteiger partial charge in [-0.2, -0.15) is 0 Å². The lowest BCUT2D eigenvalue weighted by Crippen LogP contribution is -2.24. The molecule has 0 unspecified atom stereocenters. The summed E-state index contributed by atoms with van der Waals surface area (Å²) in [6.45, 7) is 0. The van der Waals surface area contributed by atoms with E-state index in [0.29, 0.717) is 0 Å². The predicted octanol–water partition coefficient (Wildman–Crippen LogP) is -0.514. The first kappa shape index (κ1) is 5.15. The Balaban J connectivity index is 2.84. The molecule has 1 rings (SSSR count). The van der Waals surface area contributed by atoms with E-state index in [1.807, 2.05) is 42.1 Å². The number of rotatable bonds is 1. The molecule has 0 aliphatic carbocycles. The fourth-order valence-corrected chi connectivity index (χ4v) is 0.582. The van der Waals surface area contributed by atoms with Crippen molar-refractivity contribution in [3.63, 3.8) is 0 Å². The van der Waals surface area contributed by atoms with Gasteiger partial charge < -0.3 is 0 Å². The molecular weight excluding hydrogens is 102 g/mol. The quantitative estimate of drug-likeness (QED) is 0.485. The van der Waals surface area contributed by atoms with Crippen molar-refractivity contribution in [1.29, 1.82) is 0 Å². The van der Waals surface area contributed by atoms with Crippen molar-refractivity contribution in [2.45, 2.75) is 0 Å². The van der Waals surface area contributed by atoms with Crippen LogP contribution in [0.1, 0.15) is 0 Å². The minimum Gasteiger partial charge on any atom is -0.259 e. The van der Waals surface area contributed by atoms with Gasteiger partial charge in [0.25, 0.3) is 6.33 Å². The van der Waals surface area contributed by atoms with Gasteiger partial charge in [-0.25, -0.2) is 4.57 Å². The van der Waals surface area contributed by atoms with Crippen molar-refractivity contribution in [1.82, 2.24) is 4.68 Å². The van der Waals surface area contributed by atoms with Crippen LogP contribution in [0.2, 0.25) is 0 Å². The zero-order valence-electron chi connectivity index (χ0n) is 5.13. The van der Waals surface area contributed by atoms with E-state index in [-0.39, 0.29) is 0 Å². The highest BCUT2D eigenvalue weighted by Gasteiger charge is 1.91. The molecule has 3 heteroatoms. The van der Waals surface area contributed by atoms with Crippen LogP contribution in [-0.2, 0) is 7.05 Å². The lowest BCUT2D eigenvalue weighted by Gasteiger charge is -1.85. The first-order chi connectivity index (χ1) is 3.83. The third-order valence-corrected chi connectivity index (χ3v) is 1.03. The van der Waals surface area contributed by atoms with Crippen LogP contribution >= 0.6 is 0 Å². The summed E-state index contributed by atoms with van der Waals surface area (Å²) >= 11 is 0. The zero-order valence-corrected chi connectivity index (χ0v) is 5.13. The van der Waals surface area contributed by atoms with E-state index in [1.165, 1.54) is 0 Å². The van der Waals surface area contributed by atoms with E-state index >= 15 is 0 Å². The number of aryl methyl sites for hydroxylation is 1. The van der Waals surface area contributed by atoms with Crippen molar-refractivity contribution in [2.75, 3.05) is 12.5 Å². The summed E-state index contributed by atoms with van der Waals surface area (Å²) in [6, 6.07) is 0. The summed E-state index contributed by atoms with van der Waals surface area (Å²) in [6.07, 6.45) is 5.86. The van der Waals surface area contributed by atoms with E-state index in [1.54, 1.807) is 0 Å². The van der Waals surface area contributed by atoms with Crippen molar-refractivity contribution in [3.8, 4) is 0 Å². The maximum atomic E-state index is 2.94. The molecule has 0 atom stereocenters. The first-order valence-corrected chi connectivity index (χ1v) is 2.54. The Morgan fingerprint density at radius 3 is 2.62 bits per heavy atom. The minimum atomic E-state index is 1.88. The molecule has 0 saturated carbocycles. The molecule has 0 aliphatic heterocycles. The normalized spacial score (nSPS) is 9.25. The summed E-state index contributed by atoms with van der Waals surface area (Å²) in [5, 5.41) is 0. The monoisotopic (exact) mass is 112 g/mol. The highest BCUT2D eigenvalue weighted by molar-refractivity contribution is 4.69. The van der Waals surface area contributed by atoms with E-state index in [0.717, 1.165) is 0 Å². The summed E-state index contributed by atoms with van der Waals surface area (Å²) in [5.41, 5.74) is 2.94. The number of imidazole rings is 1. The molecule has 1 aromatic rings. The Bertz CT molecular complexity index is 168. The average Bonchev–Trinajstić information content (AvgIpc) is 2.14. The highest BCUT2D eigenvalue weighted by Crippen LogP contribution is 1.72. The summed E-state index contributed by atoms with van der Waals surface area (Å²) in [4.78, 5) is 0. The maximum Gasteiger partial charge on any atom is 0.266 e. The van der Waals surface area contributed by atoms with E-state index < -0.39 is 0 Å². The van der Waals surface area contributed by atoms with Gasteiger partial charge in [-0.1, -0.05) is 0 Å². The third-order valence-electron chi connectivity index (χ3n) is 1.03. The maximum absolute atomic E-state index is 2.94. The van der Waals surface area contributed by atoms with E-state index in [2.05, 4.69) is 5.43 Å². The van der Waals surface area contributed by atoms with Crippen molar-refractivity contribution < 1.29 is 4.57 Å². The molecule has 44 valence electrons. The Kier molecular flexibility index (Phi) is 1.20. The number of hydrogen-bond donors (Lipinski definition) is 1. The van der Waals surface area contributed by atoms with Gasteiger partial charge in [0, 0.05) is 7.05 Å². The number of aromatic nitrogens is 2. The molecule has 0 bridgehead atoms. The predicted molar refractivity (Wildman–Crippen MR) is 30.9 cm³/mol. The largest absolute Gasteiger partial charge is 0.266 e. The van der Waals surface area contributed by atoms with Gasteiger partial charge in [0.15, 0.2) is 6.20 Å². The van der Waals surface area contributed by atoms with Crippen LogP contribution in [0.25, 0.3) is 0 Å². The molecule has 0 saturated heterocycles. The molecule has 0 aromatic carbocycles. The summed E-state index contributed by atoms with van der Waals surface area (Å²) in [7, 11) is 3.86. The van der Waals surface area contributed by atoms with Gasteiger partial charge in [0.1, 0.15) is 6.20 Å². The Hall–Kier alpha value is -0.990. The first-order valence-electron chi connectivity index (χ1n) is 2.54. The molecule has 0 fully saturated rings. The van der Waals surface area contributed by atoms with Gasteiger partial charge in [-0.15, -0.1) is 4.68 Å². The Morgan fingerprint density at radius 1 is 1.62 bits per heavy atom. The van der Waals surface area contributed by atoms with Crippen LogP contribution in [0, 0.1) is 0 Å². The fraction of sp³-hybridized carbons (Fsp3) is 0.400. The molecule has 0 aliphatic rings. The molecular formula is C5H10N3+. The van der Waals surface area contributed by atoms with Crippen molar-refractivity contribution in [2.24, 2.45) is 7.05 Å². The Labute approximate surface area is 48.5 Å². The standard InChI is InChI=1S/C5H10N3/c1-6-8-4-3-7(2)5-8/h3-6H,1-2H3/q+1. The highest BCUT2D eigenvalue weighted by atomic mass is 15.4. The molecule has 1 aromatic heterocycles. The Morgan fingerprint density at radius 2 is 2.38 bits per heavy atom. The van der Waals surface area contributed by atoms with Gasteiger partial charge in [0.2, 0.25) is 0 Å². The molecule has 1 heterocycles. The summed E-state index contributed by atoms with van der Waals surface area (Å²) < 4.78 is 3.84. The molecule has 0 amide bonds. The lowest BCUT2D eigenvalue weighted by atomic mass is 10.9. The second-order valence-corrected chi connectivity index (χ2v) is 1.71. The van der Waals surface area contributed by atoms with Crippen LogP contribution in [0.15, 0.2) is 18.7 Å². The molecule has 0 spiro atoms. The smallest absolute Gasteiger partial charge is 0.259 e. The third kappa shape index (κ3) is 0.804. The van der Waals surface area contributed by atoms with E-state index in [4.69, 9.17) is 0 Å². The lowest BCUT2D eigenvalue weighted by molar-refractivity contribution is -0.670. The second kappa shape index (κ2) is 1.86. The second-order valence-electron chi connectivity index (χ2n) is 1.71. The number of nitrogens with zero attached hydrogens (tertiary/aromatic N) is 2. The zero-order chi connectivity index (χ0) is 5.98. The van der Waals surface area contributed by atoms with Gasteiger partial charge in [0.05, 0.1) is 7.05 Å². The average molecular weight is 112 g/mol. The van der Waals surface area contributed by atoms with Crippen LogP contribution in [0.5, 0.6) is 0 Å². The van der Waals surface area contributed by atoms with Crippen LogP contribution < -0.4 is 9.99 Å². The van der Waals surface area contributed by atoms with Crippen molar-refractivity contribution in [3.05, 3.63) is 18.7 Å². The van der Waals surface area contributed by atoms with E-state index in [9.17, 15) is 0 Å². The van der Waals surface area contributed by atoms with Gasteiger partial charge in [-0.05, 0) is 0 Å². The van der Waals surface area contributed by atoms with Crippen molar-refractivity contribution >= 4 is 0 Å². The van der Waals surface area contributed by atoms with Gasteiger partial charge >= 0.3 is 0 Å². The number of nitrogens with one attached hydrogen (secondary N) is 1. The fourth-order valence-electron chi connectivity index (χ4n) is 0.582. The molecule has 0 radical (unpaired) electrons. The molecule has 8 heavy (non-hydrogen) atoms. The van der Waals surface area contributed by atoms with Gasteiger partial charge in [-0.3, -0.25) is 5.43 Å².